The van der Waals surface area contributed by atoms with Gasteiger partial charge in [0.15, 0.2) is 0 Å². The molecule has 0 spiro atoms. The molecule has 0 saturated carbocycles. The lowest BCUT2D eigenvalue weighted by Crippen LogP contribution is -2.11. The van der Waals surface area contributed by atoms with Gasteiger partial charge < -0.3 is 4.74 Å². The molecule has 0 N–H and O–H groups in total. The van der Waals surface area contributed by atoms with Gasteiger partial charge >= 0.3 is 0 Å². The quantitative estimate of drug-likeness (QED) is 0.778. The Bertz CT molecular complexity index is 370. The van der Waals surface area contributed by atoms with Crippen LogP contribution in [0, 0.1) is 11.3 Å². The molecular formula is C12H14ClNO. The van der Waals surface area contributed by atoms with E-state index in [1.807, 2.05) is 6.92 Å². The van der Waals surface area contributed by atoms with Crippen LogP contribution in [-0.2, 0) is 0 Å². The first-order chi connectivity index (χ1) is 7.17. The predicted octanol–water partition coefficient (Wildman–Crippen LogP) is 3.78. The highest BCUT2D eigenvalue weighted by Gasteiger charge is 2.08. The lowest BCUT2D eigenvalue weighted by molar-refractivity contribution is 0.209. The fraction of sp³-hybridized carbons (Fsp3) is 0.417. The highest BCUT2D eigenvalue weighted by atomic mass is 35.5. The van der Waals surface area contributed by atoms with Crippen LogP contribution >= 0.6 is 11.6 Å². The molecule has 0 aliphatic heterocycles. The maximum absolute atomic E-state index is 8.88. The Balaban J connectivity index is 2.83. The van der Waals surface area contributed by atoms with Crippen molar-refractivity contribution in [3.8, 4) is 11.8 Å². The molecule has 0 heterocycles. The summed E-state index contributed by atoms with van der Waals surface area (Å²) in [5.41, 5.74) is 0.530. The first-order valence-electron chi connectivity index (χ1n) is 5.03. The van der Waals surface area contributed by atoms with Gasteiger partial charge in [-0.1, -0.05) is 24.9 Å². The van der Waals surface area contributed by atoms with E-state index in [1.54, 1.807) is 18.2 Å². The zero-order chi connectivity index (χ0) is 11.3. The fourth-order valence-corrected chi connectivity index (χ4v) is 1.53. The Labute approximate surface area is 95.4 Å². The van der Waals surface area contributed by atoms with Gasteiger partial charge in [0.2, 0.25) is 0 Å². The van der Waals surface area contributed by atoms with Crippen LogP contribution in [0.5, 0.6) is 5.75 Å². The van der Waals surface area contributed by atoms with Gasteiger partial charge in [0.1, 0.15) is 11.8 Å². The molecule has 3 heteroatoms. The van der Waals surface area contributed by atoms with Crippen LogP contribution in [0.15, 0.2) is 18.2 Å². The first kappa shape index (κ1) is 11.9. The molecule has 1 aromatic carbocycles. The molecule has 0 bridgehead atoms. The molecule has 15 heavy (non-hydrogen) atoms. The molecule has 0 saturated heterocycles. The molecule has 2 nitrogen and oxygen atoms in total. The number of hydrogen-bond donors (Lipinski definition) is 0. The molecular weight excluding hydrogens is 210 g/mol. The lowest BCUT2D eigenvalue weighted by Gasteiger charge is -2.14. The zero-order valence-corrected chi connectivity index (χ0v) is 9.71. The van der Waals surface area contributed by atoms with Crippen LogP contribution in [0.1, 0.15) is 32.3 Å². The van der Waals surface area contributed by atoms with Crippen molar-refractivity contribution in [1.82, 2.24) is 0 Å². The second-order valence-corrected chi connectivity index (χ2v) is 3.91. The fourth-order valence-electron chi connectivity index (χ4n) is 1.37. The van der Waals surface area contributed by atoms with Gasteiger partial charge in [0.25, 0.3) is 0 Å². The number of halogens is 1. The third kappa shape index (κ3) is 3.45. The van der Waals surface area contributed by atoms with E-state index in [1.165, 1.54) is 0 Å². The van der Waals surface area contributed by atoms with E-state index in [0.717, 1.165) is 12.8 Å². The molecule has 0 amide bonds. The van der Waals surface area contributed by atoms with E-state index in [-0.39, 0.29) is 6.10 Å². The van der Waals surface area contributed by atoms with Crippen LogP contribution < -0.4 is 4.74 Å². The number of ether oxygens (including phenoxy) is 1. The summed E-state index contributed by atoms with van der Waals surface area (Å²) in [6.07, 6.45) is 2.14. The number of hydrogen-bond acceptors (Lipinski definition) is 2. The van der Waals surface area contributed by atoms with Gasteiger partial charge in [-0.15, -0.1) is 0 Å². The average molecular weight is 224 g/mol. The highest BCUT2D eigenvalue weighted by molar-refractivity contribution is 6.30. The van der Waals surface area contributed by atoms with Gasteiger partial charge in [0, 0.05) is 11.1 Å². The largest absolute Gasteiger partial charge is 0.489 e. The van der Waals surface area contributed by atoms with Gasteiger partial charge in [-0.25, -0.2) is 0 Å². The van der Waals surface area contributed by atoms with Gasteiger partial charge in [-0.3, -0.25) is 0 Å². The second kappa shape index (κ2) is 5.63. The summed E-state index contributed by atoms with van der Waals surface area (Å²) in [7, 11) is 0. The van der Waals surface area contributed by atoms with Gasteiger partial charge in [0.05, 0.1) is 11.7 Å². The summed E-state index contributed by atoms with van der Waals surface area (Å²) in [4.78, 5) is 0. The Morgan fingerprint density at radius 2 is 2.27 bits per heavy atom. The van der Waals surface area contributed by atoms with E-state index >= 15 is 0 Å². The molecule has 80 valence electrons. The van der Waals surface area contributed by atoms with Gasteiger partial charge in [-0.2, -0.15) is 5.26 Å². The molecule has 0 radical (unpaired) electrons. The van der Waals surface area contributed by atoms with Crippen LogP contribution in [0.3, 0.4) is 0 Å². The number of rotatable bonds is 4. The summed E-state index contributed by atoms with van der Waals surface area (Å²) in [6, 6.07) is 7.14. The van der Waals surface area contributed by atoms with E-state index < -0.39 is 0 Å². The summed E-state index contributed by atoms with van der Waals surface area (Å²) in [5.74, 6) is 0.575. The lowest BCUT2D eigenvalue weighted by atomic mass is 10.2. The minimum atomic E-state index is 0.112. The molecule has 1 rings (SSSR count). The number of benzene rings is 1. The number of nitriles is 1. The molecule has 0 aliphatic rings. The van der Waals surface area contributed by atoms with Gasteiger partial charge in [-0.05, 0) is 25.5 Å². The predicted molar refractivity (Wildman–Crippen MR) is 61.2 cm³/mol. The molecule has 1 aromatic rings. The number of nitrogens with zero attached hydrogens (tertiary/aromatic N) is 1. The molecule has 1 unspecified atom stereocenters. The Morgan fingerprint density at radius 3 is 2.87 bits per heavy atom. The second-order valence-electron chi connectivity index (χ2n) is 3.47. The Kier molecular flexibility index (Phi) is 4.45. The first-order valence-corrected chi connectivity index (χ1v) is 5.41. The standard InChI is InChI=1S/C12H14ClNO/c1-3-4-9(2)15-12-7-11(13)6-5-10(12)8-14/h5-7,9H,3-4H2,1-2H3. The van der Waals surface area contributed by atoms with Crippen LogP contribution in [-0.4, -0.2) is 6.10 Å². The third-order valence-electron chi connectivity index (χ3n) is 2.09. The normalized spacial score (nSPS) is 11.9. The van der Waals surface area contributed by atoms with Crippen LogP contribution in [0.4, 0.5) is 0 Å². The Morgan fingerprint density at radius 1 is 1.53 bits per heavy atom. The summed E-state index contributed by atoms with van der Waals surface area (Å²) in [6.45, 7) is 4.09. The Hall–Kier alpha value is -1.20. The maximum atomic E-state index is 8.88. The van der Waals surface area contributed by atoms with Crippen molar-refractivity contribution in [2.24, 2.45) is 0 Å². The minimum absolute atomic E-state index is 0.112. The highest BCUT2D eigenvalue weighted by Crippen LogP contribution is 2.24. The van der Waals surface area contributed by atoms with Crippen molar-refractivity contribution in [1.29, 1.82) is 5.26 Å². The van der Waals surface area contributed by atoms with Crippen LogP contribution in [0.25, 0.3) is 0 Å². The monoisotopic (exact) mass is 223 g/mol. The summed E-state index contributed by atoms with van der Waals surface area (Å²) >= 11 is 5.84. The molecule has 0 aliphatic carbocycles. The van der Waals surface area contributed by atoms with E-state index in [0.29, 0.717) is 16.3 Å². The molecule has 1 atom stereocenters. The topological polar surface area (TPSA) is 33.0 Å². The van der Waals surface area contributed by atoms with Crippen molar-refractivity contribution in [3.05, 3.63) is 28.8 Å². The minimum Gasteiger partial charge on any atom is -0.489 e. The van der Waals surface area contributed by atoms with Crippen LogP contribution in [0.2, 0.25) is 5.02 Å². The maximum Gasteiger partial charge on any atom is 0.138 e. The van der Waals surface area contributed by atoms with Crippen molar-refractivity contribution in [2.75, 3.05) is 0 Å². The third-order valence-corrected chi connectivity index (χ3v) is 2.32. The average Bonchev–Trinajstić information content (AvgIpc) is 2.18. The molecule has 0 fully saturated rings. The molecule has 0 aromatic heterocycles. The summed E-state index contributed by atoms with van der Waals surface area (Å²) < 4.78 is 5.65. The smallest absolute Gasteiger partial charge is 0.138 e. The SMILES string of the molecule is CCCC(C)Oc1cc(Cl)ccc1C#N. The van der Waals surface area contributed by atoms with E-state index in [4.69, 9.17) is 21.6 Å². The van der Waals surface area contributed by atoms with E-state index in [2.05, 4.69) is 13.0 Å². The summed E-state index contributed by atoms with van der Waals surface area (Å²) in [5, 5.41) is 9.47. The van der Waals surface area contributed by atoms with E-state index in [9.17, 15) is 0 Å². The van der Waals surface area contributed by atoms with Crippen molar-refractivity contribution in [2.45, 2.75) is 32.8 Å². The van der Waals surface area contributed by atoms with Crippen molar-refractivity contribution < 1.29 is 4.74 Å². The zero-order valence-electron chi connectivity index (χ0n) is 8.96. The van der Waals surface area contributed by atoms with Crippen molar-refractivity contribution >= 4 is 11.6 Å². The van der Waals surface area contributed by atoms with Crippen molar-refractivity contribution in [3.63, 3.8) is 0 Å².